The molecule has 8 heteroatoms. The number of amides is 1. The van der Waals surface area contributed by atoms with Gasteiger partial charge in [0.2, 0.25) is 5.91 Å². The number of benzene rings is 3. The van der Waals surface area contributed by atoms with Crippen LogP contribution >= 0.6 is 27.7 Å². The smallest absolute Gasteiger partial charge is 0.234 e. The van der Waals surface area contributed by atoms with Crippen LogP contribution in [0.5, 0.6) is 5.75 Å². The number of hydrogen-bond donors (Lipinski definition) is 2. The van der Waals surface area contributed by atoms with Gasteiger partial charge in [0.25, 0.3) is 0 Å². The number of hydrogen-bond acceptors (Lipinski definition) is 5. The summed E-state index contributed by atoms with van der Waals surface area (Å²) in [6.45, 7) is 0. The first-order chi connectivity index (χ1) is 14.6. The van der Waals surface area contributed by atoms with Crippen LogP contribution in [-0.4, -0.2) is 31.5 Å². The minimum absolute atomic E-state index is 0.129. The van der Waals surface area contributed by atoms with Gasteiger partial charge in [0.15, 0.2) is 11.0 Å². The van der Waals surface area contributed by atoms with E-state index in [-0.39, 0.29) is 17.4 Å². The third kappa shape index (κ3) is 4.72. The highest BCUT2D eigenvalue weighted by molar-refractivity contribution is 9.10. The summed E-state index contributed by atoms with van der Waals surface area (Å²) >= 11 is 4.69. The Bertz CT molecular complexity index is 1150. The van der Waals surface area contributed by atoms with Crippen LogP contribution in [-0.2, 0) is 4.79 Å². The van der Waals surface area contributed by atoms with Crippen molar-refractivity contribution in [1.29, 1.82) is 0 Å². The van der Waals surface area contributed by atoms with Gasteiger partial charge in [0.1, 0.15) is 5.75 Å². The van der Waals surface area contributed by atoms with E-state index in [9.17, 15) is 9.90 Å². The molecule has 0 unspecified atom stereocenters. The van der Waals surface area contributed by atoms with Crippen molar-refractivity contribution in [3.8, 4) is 22.8 Å². The molecule has 0 aliphatic carbocycles. The predicted octanol–water partition coefficient (Wildman–Crippen LogP) is 5.13. The van der Waals surface area contributed by atoms with E-state index >= 15 is 0 Å². The van der Waals surface area contributed by atoms with Crippen LogP contribution in [0.4, 0.5) is 5.69 Å². The fourth-order valence-electron chi connectivity index (χ4n) is 2.83. The Morgan fingerprint density at radius 1 is 0.967 bits per heavy atom. The Labute approximate surface area is 186 Å². The fourth-order valence-corrected chi connectivity index (χ4v) is 3.85. The van der Waals surface area contributed by atoms with Crippen molar-refractivity contribution >= 4 is 39.3 Å². The van der Waals surface area contributed by atoms with Crippen LogP contribution in [0.3, 0.4) is 0 Å². The average Bonchev–Trinajstić information content (AvgIpc) is 3.19. The molecule has 4 rings (SSSR count). The second-order valence-corrected chi connectivity index (χ2v) is 8.23. The molecular formula is C22H17BrN4O2S. The number of nitrogens with zero attached hydrogens (tertiary/aromatic N) is 3. The van der Waals surface area contributed by atoms with Crippen LogP contribution in [0.15, 0.2) is 88.5 Å². The summed E-state index contributed by atoms with van der Waals surface area (Å²) in [6, 6.07) is 23.9. The molecule has 0 bridgehead atoms. The molecule has 0 aliphatic rings. The highest BCUT2D eigenvalue weighted by Crippen LogP contribution is 2.29. The molecule has 2 N–H and O–H groups in total. The molecule has 0 saturated heterocycles. The number of carbonyl (C=O) groups excluding carboxylic acids is 1. The first kappa shape index (κ1) is 20.2. The summed E-state index contributed by atoms with van der Waals surface area (Å²) in [7, 11) is 0. The molecule has 6 nitrogen and oxygen atoms in total. The van der Waals surface area contributed by atoms with Gasteiger partial charge in [-0.25, -0.2) is 0 Å². The van der Waals surface area contributed by atoms with Crippen molar-refractivity contribution in [3.05, 3.63) is 83.3 Å². The number of phenols is 1. The average molecular weight is 481 g/mol. The van der Waals surface area contributed by atoms with Crippen molar-refractivity contribution < 1.29 is 9.90 Å². The number of nitrogens with one attached hydrogen (secondary N) is 1. The lowest BCUT2D eigenvalue weighted by Crippen LogP contribution is -2.14. The fraction of sp³-hybridized carbons (Fsp3) is 0.0455. The number of thioether (sulfide) groups is 1. The maximum Gasteiger partial charge on any atom is 0.234 e. The minimum atomic E-state index is -0.129. The summed E-state index contributed by atoms with van der Waals surface area (Å²) in [5.41, 5.74) is 2.44. The molecule has 0 spiro atoms. The number of phenolic OH excluding ortho intramolecular Hbond substituents is 1. The zero-order valence-corrected chi connectivity index (χ0v) is 18.1. The predicted molar refractivity (Wildman–Crippen MR) is 122 cm³/mol. The van der Waals surface area contributed by atoms with Crippen LogP contribution in [0.25, 0.3) is 17.1 Å². The first-order valence-electron chi connectivity index (χ1n) is 9.08. The Balaban J connectivity index is 1.57. The number of aromatic hydroxyl groups is 1. The van der Waals surface area contributed by atoms with Crippen LogP contribution in [0, 0.1) is 0 Å². The summed E-state index contributed by atoms with van der Waals surface area (Å²) in [5.74, 6) is 0.883. The second kappa shape index (κ2) is 9.15. The van der Waals surface area contributed by atoms with Crippen molar-refractivity contribution in [1.82, 2.24) is 14.8 Å². The van der Waals surface area contributed by atoms with Crippen LogP contribution < -0.4 is 5.32 Å². The van der Waals surface area contributed by atoms with Crippen LogP contribution in [0.2, 0.25) is 0 Å². The molecule has 1 amide bonds. The summed E-state index contributed by atoms with van der Waals surface area (Å²) in [6.07, 6.45) is 0. The highest BCUT2D eigenvalue weighted by Gasteiger charge is 2.17. The van der Waals surface area contributed by atoms with Gasteiger partial charge in [-0.3, -0.25) is 9.36 Å². The highest BCUT2D eigenvalue weighted by atomic mass is 79.9. The molecule has 0 radical (unpaired) electrons. The first-order valence-corrected chi connectivity index (χ1v) is 10.9. The van der Waals surface area contributed by atoms with Crippen LogP contribution in [0.1, 0.15) is 0 Å². The number of anilines is 1. The van der Waals surface area contributed by atoms with Crippen molar-refractivity contribution in [2.45, 2.75) is 5.16 Å². The molecule has 0 atom stereocenters. The molecule has 0 fully saturated rings. The summed E-state index contributed by atoms with van der Waals surface area (Å²) in [4.78, 5) is 12.4. The van der Waals surface area contributed by atoms with Gasteiger partial charge in [0.05, 0.1) is 5.75 Å². The molecule has 30 heavy (non-hydrogen) atoms. The van der Waals surface area contributed by atoms with E-state index in [1.807, 2.05) is 59.2 Å². The van der Waals surface area contributed by atoms with Gasteiger partial charge >= 0.3 is 0 Å². The van der Waals surface area contributed by atoms with Gasteiger partial charge in [-0.1, -0.05) is 45.9 Å². The lowest BCUT2D eigenvalue weighted by atomic mass is 10.2. The maximum absolute atomic E-state index is 12.4. The van der Waals surface area contributed by atoms with Gasteiger partial charge < -0.3 is 10.4 Å². The molecule has 1 aromatic heterocycles. The van der Waals surface area contributed by atoms with E-state index < -0.39 is 0 Å². The molecule has 3 aromatic carbocycles. The topological polar surface area (TPSA) is 80.0 Å². The second-order valence-electron chi connectivity index (χ2n) is 6.37. The molecule has 4 aromatic rings. The van der Waals surface area contributed by atoms with E-state index in [0.717, 1.165) is 21.4 Å². The molecular weight excluding hydrogens is 464 g/mol. The minimum Gasteiger partial charge on any atom is -0.508 e. The quantitative estimate of drug-likeness (QED) is 0.373. The molecule has 150 valence electrons. The normalized spacial score (nSPS) is 10.7. The maximum atomic E-state index is 12.4. The number of aromatic nitrogens is 3. The Morgan fingerprint density at radius 2 is 1.67 bits per heavy atom. The standard InChI is InChI=1S/C22H17BrN4O2S/c23-16-8-10-17(11-9-16)24-20(29)14-30-22-26-25-21(15-6-12-19(28)13-7-15)27(22)18-4-2-1-3-5-18/h1-13,28H,14H2,(H,24,29). The lowest BCUT2D eigenvalue weighted by molar-refractivity contribution is -0.113. The number of carbonyl (C=O) groups is 1. The summed E-state index contributed by atoms with van der Waals surface area (Å²) < 4.78 is 2.86. The summed E-state index contributed by atoms with van der Waals surface area (Å²) in [5, 5.41) is 21.7. The van der Waals surface area contributed by atoms with Crippen molar-refractivity contribution in [2.24, 2.45) is 0 Å². The largest absolute Gasteiger partial charge is 0.508 e. The SMILES string of the molecule is O=C(CSc1nnc(-c2ccc(O)cc2)n1-c1ccccc1)Nc1ccc(Br)cc1. The lowest BCUT2D eigenvalue weighted by Gasteiger charge is -2.10. The van der Waals surface area contributed by atoms with E-state index in [1.165, 1.54) is 11.8 Å². The van der Waals surface area contributed by atoms with Gasteiger partial charge in [-0.2, -0.15) is 0 Å². The Morgan fingerprint density at radius 3 is 2.37 bits per heavy atom. The Hall–Kier alpha value is -3.10. The third-order valence-corrected chi connectivity index (χ3v) is 5.69. The van der Waals surface area contributed by atoms with Crippen molar-refractivity contribution in [3.63, 3.8) is 0 Å². The Kier molecular flexibility index (Phi) is 6.15. The zero-order chi connectivity index (χ0) is 20.9. The monoisotopic (exact) mass is 480 g/mol. The van der Waals surface area contributed by atoms with E-state index in [2.05, 4.69) is 31.4 Å². The van der Waals surface area contributed by atoms with Gasteiger partial charge in [-0.15, -0.1) is 10.2 Å². The number of para-hydroxylation sites is 1. The number of rotatable bonds is 6. The van der Waals surface area contributed by atoms with E-state index in [1.54, 1.807) is 24.3 Å². The third-order valence-electron chi connectivity index (χ3n) is 4.23. The zero-order valence-electron chi connectivity index (χ0n) is 15.7. The van der Waals surface area contributed by atoms with Crippen molar-refractivity contribution in [2.75, 3.05) is 11.1 Å². The van der Waals surface area contributed by atoms with Gasteiger partial charge in [-0.05, 0) is 60.7 Å². The number of halogens is 1. The van der Waals surface area contributed by atoms with Gasteiger partial charge in [0, 0.05) is 21.4 Å². The molecule has 0 aliphatic heterocycles. The molecule has 1 heterocycles. The molecule has 0 saturated carbocycles. The van der Waals surface area contributed by atoms with E-state index in [4.69, 9.17) is 0 Å². The van der Waals surface area contributed by atoms with E-state index in [0.29, 0.717) is 11.0 Å².